The fraction of sp³-hybridized carbons (Fsp3) is 0.259. The number of aromatic nitrogens is 4. The predicted molar refractivity (Wildman–Crippen MR) is 174 cm³/mol. The minimum absolute atomic E-state index is 0.106. The summed E-state index contributed by atoms with van der Waals surface area (Å²) < 4.78 is 47.1. The summed E-state index contributed by atoms with van der Waals surface area (Å²) in [4.78, 5) is 0. The van der Waals surface area contributed by atoms with Crippen molar-refractivity contribution in [3.63, 3.8) is 0 Å². The van der Waals surface area contributed by atoms with Gasteiger partial charge in [0.1, 0.15) is 23.3 Å². The van der Waals surface area contributed by atoms with Crippen molar-refractivity contribution in [2.75, 3.05) is 9.44 Å². The maximum atomic E-state index is 12.7. The highest BCUT2D eigenvalue weighted by atomic mass is 35.5. The van der Waals surface area contributed by atoms with Crippen molar-refractivity contribution < 1.29 is 13.2 Å². The minimum atomic E-state index is -4.47. The Labute approximate surface area is 280 Å². The molecule has 0 radical (unpaired) electrons. The summed E-state index contributed by atoms with van der Waals surface area (Å²) >= 11 is 27.0. The van der Waals surface area contributed by atoms with Crippen molar-refractivity contribution >= 4 is 81.9 Å². The number of benzene rings is 2. The lowest BCUT2D eigenvalue weighted by Crippen LogP contribution is -2.08. The SMILES string of the molecule is CC(C)SNc1c(C#N)cnn1-c1ccc(C(F)(F)F)cc1Cl.CC(C)SNc1c(C#N)cnn1-c1ccc(Cl)c(Cl)c1Cl. The van der Waals surface area contributed by atoms with Crippen LogP contribution in [0, 0.1) is 22.7 Å². The number of nitrogens with zero attached hydrogens (tertiary/aromatic N) is 6. The minimum Gasteiger partial charge on any atom is -0.313 e. The summed E-state index contributed by atoms with van der Waals surface area (Å²) in [6, 6.07) is 10.4. The van der Waals surface area contributed by atoms with Crippen molar-refractivity contribution in [2.45, 2.75) is 44.4 Å². The molecule has 0 fully saturated rings. The first-order chi connectivity index (χ1) is 20.7. The van der Waals surface area contributed by atoms with Crippen LogP contribution in [0.2, 0.25) is 20.1 Å². The van der Waals surface area contributed by atoms with E-state index in [1.54, 1.807) is 16.8 Å². The monoisotopic (exact) mass is 720 g/mol. The van der Waals surface area contributed by atoms with E-state index in [0.717, 1.165) is 12.1 Å². The van der Waals surface area contributed by atoms with Crippen LogP contribution in [0.25, 0.3) is 11.4 Å². The lowest BCUT2D eigenvalue weighted by Gasteiger charge is -2.14. The third-order valence-electron chi connectivity index (χ3n) is 5.31. The first-order valence-electron chi connectivity index (χ1n) is 12.5. The smallest absolute Gasteiger partial charge is 0.313 e. The van der Waals surface area contributed by atoms with Crippen molar-refractivity contribution in [1.29, 1.82) is 10.5 Å². The van der Waals surface area contributed by atoms with Crippen LogP contribution in [0.3, 0.4) is 0 Å². The molecule has 8 nitrogen and oxygen atoms in total. The van der Waals surface area contributed by atoms with E-state index in [1.165, 1.54) is 47.0 Å². The van der Waals surface area contributed by atoms with Gasteiger partial charge in [0.05, 0.1) is 49.4 Å². The van der Waals surface area contributed by atoms with E-state index in [1.807, 2.05) is 33.8 Å². The summed E-state index contributed by atoms with van der Waals surface area (Å²) in [6.07, 6.45) is -1.67. The first-order valence-corrected chi connectivity index (χ1v) is 15.8. The molecule has 0 saturated heterocycles. The third kappa shape index (κ3) is 8.62. The van der Waals surface area contributed by atoms with E-state index in [-0.39, 0.29) is 31.6 Å². The van der Waals surface area contributed by atoms with Crippen molar-refractivity contribution in [1.82, 2.24) is 19.6 Å². The third-order valence-corrected chi connectivity index (χ3v) is 8.46. The molecule has 0 amide bonds. The molecule has 2 aromatic carbocycles. The average molecular weight is 722 g/mol. The van der Waals surface area contributed by atoms with Gasteiger partial charge in [-0.2, -0.15) is 33.9 Å². The Bertz CT molecular complexity index is 1710. The normalized spacial score (nSPS) is 11.2. The maximum absolute atomic E-state index is 12.7. The molecule has 2 N–H and O–H groups in total. The predicted octanol–water partition coefficient (Wildman–Crippen LogP) is 10.1. The second-order valence-corrected chi connectivity index (χ2v) is 13.6. The van der Waals surface area contributed by atoms with Gasteiger partial charge < -0.3 is 9.44 Å². The number of hydrogen-bond donors (Lipinski definition) is 2. The summed E-state index contributed by atoms with van der Waals surface area (Å²) in [7, 11) is 0. The van der Waals surface area contributed by atoms with Gasteiger partial charge in [-0.3, -0.25) is 0 Å². The topological polar surface area (TPSA) is 107 Å². The quantitative estimate of drug-likeness (QED) is 0.137. The van der Waals surface area contributed by atoms with Crippen LogP contribution in [0.5, 0.6) is 0 Å². The zero-order valence-corrected chi connectivity index (χ0v) is 28.0. The molecule has 0 aliphatic carbocycles. The van der Waals surface area contributed by atoms with Crippen LogP contribution in [0.4, 0.5) is 24.8 Å². The Kier molecular flexibility index (Phi) is 12.4. The molecule has 0 atom stereocenters. The highest BCUT2D eigenvalue weighted by molar-refractivity contribution is 8.01. The number of anilines is 2. The van der Waals surface area contributed by atoms with Gasteiger partial charge in [0.25, 0.3) is 0 Å². The van der Waals surface area contributed by atoms with Crippen LogP contribution in [-0.2, 0) is 6.18 Å². The largest absolute Gasteiger partial charge is 0.416 e. The van der Waals surface area contributed by atoms with Crippen LogP contribution in [0.15, 0.2) is 42.7 Å². The molecule has 0 aliphatic heterocycles. The standard InChI is InChI=1S/C14H12ClF3N4S.C13H11Cl3N4S/c1-8(2)23-21-13-9(6-19)7-20-22(13)12-4-3-10(5-11(12)15)14(16,17)18;1-7(2)21-19-13-8(5-17)6-18-20(13)10-4-3-9(14)11(15)12(10)16/h3-5,7-8,21H,1-2H3;3-4,6-7,19H,1-2H3. The molecule has 4 rings (SSSR count). The van der Waals surface area contributed by atoms with Gasteiger partial charge in [-0.05, 0) is 54.2 Å². The molecule has 44 heavy (non-hydrogen) atoms. The molecule has 17 heteroatoms. The molecule has 4 aromatic rings. The van der Waals surface area contributed by atoms with Crippen LogP contribution >= 0.6 is 70.3 Å². The number of halogens is 7. The van der Waals surface area contributed by atoms with Crippen LogP contribution in [-0.4, -0.2) is 30.1 Å². The van der Waals surface area contributed by atoms with E-state index < -0.39 is 11.7 Å². The van der Waals surface area contributed by atoms with Gasteiger partial charge in [-0.25, -0.2) is 9.36 Å². The zero-order chi connectivity index (χ0) is 32.8. The zero-order valence-electron chi connectivity index (χ0n) is 23.3. The Morgan fingerprint density at radius 1 is 0.750 bits per heavy atom. The Morgan fingerprint density at radius 2 is 1.23 bits per heavy atom. The van der Waals surface area contributed by atoms with Gasteiger partial charge in [-0.15, -0.1) is 0 Å². The van der Waals surface area contributed by atoms with E-state index >= 15 is 0 Å². The number of alkyl halides is 3. The average Bonchev–Trinajstić information content (AvgIpc) is 3.57. The second kappa shape index (κ2) is 15.4. The fourth-order valence-corrected chi connectivity index (χ4v) is 5.26. The van der Waals surface area contributed by atoms with Gasteiger partial charge in [0.15, 0.2) is 11.6 Å². The van der Waals surface area contributed by atoms with Gasteiger partial charge in [0.2, 0.25) is 0 Å². The molecule has 0 spiro atoms. The number of hydrogen-bond acceptors (Lipinski definition) is 8. The summed E-state index contributed by atoms with van der Waals surface area (Å²) in [6.45, 7) is 7.98. The van der Waals surface area contributed by atoms with E-state index in [4.69, 9.17) is 51.7 Å². The number of nitrogens with one attached hydrogen (secondary N) is 2. The molecule has 0 saturated carbocycles. The Hall–Kier alpha value is -2.91. The van der Waals surface area contributed by atoms with Gasteiger partial charge in [-0.1, -0.05) is 74.1 Å². The summed E-state index contributed by atoms with van der Waals surface area (Å²) in [5, 5.41) is 27.9. The lowest BCUT2D eigenvalue weighted by molar-refractivity contribution is -0.137. The molecule has 0 unspecified atom stereocenters. The Balaban J connectivity index is 0.000000241. The number of rotatable bonds is 8. The van der Waals surface area contributed by atoms with E-state index in [0.29, 0.717) is 33.2 Å². The molecule has 0 aliphatic rings. The summed E-state index contributed by atoms with van der Waals surface area (Å²) in [5.74, 6) is 0.921. The van der Waals surface area contributed by atoms with Gasteiger partial charge >= 0.3 is 6.18 Å². The Morgan fingerprint density at radius 3 is 1.66 bits per heavy atom. The first kappa shape index (κ1) is 35.6. The molecule has 0 bridgehead atoms. The van der Waals surface area contributed by atoms with Crippen molar-refractivity contribution in [2.24, 2.45) is 0 Å². The molecular weight excluding hydrogens is 699 g/mol. The molecular formula is C27H23Cl4F3N8S2. The van der Waals surface area contributed by atoms with E-state index in [9.17, 15) is 18.4 Å². The van der Waals surface area contributed by atoms with Crippen LogP contribution in [0.1, 0.15) is 44.4 Å². The molecule has 2 heterocycles. The summed E-state index contributed by atoms with van der Waals surface area (Å²) in [5.41, 5.74) is 0.664. The maximum Gasteiger partial charge on any atom is 0.416 e. The van der Waals surface area contributed by atoms with E-state index in [2.05, 4.69) is 25.7 Å². The fourth-order valence-electron chi connectivity index (χ4n) is 3.30. The number of nitriles is 2. The lowest BCUT2D eigenvalue weighted by atomic mass is 10.2. The second-order valence-electron chi connectivity index (χ2n) is 9.26. The van der Waals surface area contributed by atoms with Crippen molar-refractivity contribution in [3.05, 3.63) is 79.5 Å². The molecule has 2 aromatic heterocycles. The molecule has 232 valence electrons. The van der Waals surface area contributed by atoms with Crippen LogP contribution < -0.4 is 9.44 Å². The van der Waals surface area contributed by atoms with Gasteiger partial charge in [0, 0.05) is 10.5 Å². The highest BCUT2D eigenvalue weighted by Crippen LogP contribution is 2.37. The van der Waals surface area contributed by atoms with Crippen molar-refractivity contribution in [3.8, 4) is 23.5 Å². The highest BCUT2D eigenvalue weighted by Gasteiger charge is 2.31.